The van der Waals surface area contributed by atoms with Crippen LogP contribution in [0.5, 0.6) is 0 Å². The lowest BCUT2D eigenvalue weighted by molar-refractivity contribution is -0.306. The molecule has 1 atom stereocenters. The zero-order valence-electron chi connectivity index (χ0n) is 9.70. The molecule has 0 bridgehead atoms. The smallest absolute Gasteiger partial charge is 0.224 e. The Morgan fingerprint density at radius 1 is 1.33 bits per heavy atom. The van der Waals surface area contributed by atoms with Crippen molar-refractivity contribution in [1.82, 2.24) is 0 Å². The number of rotatable bonds is 5. The molecular formula is C12H12Cl2NO3-. The molecule has 0 aromatic heterocycles. The number of carboxylic acid groups (broad SMARTS) is 1. The minimum absolute atomic E-state index is 0.0902. The summed E-state index contributed by atoms with van der Waals surface area (Å²) in [6.07, 6.45) is -0.0608. The topological polar surface area (TPSA) is 69.2 Å². The summed E-state index contributed by atoms with van der Waals surface area (Å²) in [5, 5.41) is 13.8. The number of anilines is 1. The van der Waals surface area contributed by atoms with Gasteiger partial charge in [0.05, 0.1) is 10.7 Å². The molecule has 0 unspecified atom stereocenters. The summed E-state index contributed by atoms with van der Waals surface area (Å²) in [5.74, 6) is -1.76. The molecule has 0 aliphatic heterocycles. The fourth-order valence-corrected chi connectivity index (χ4v) is 1.92. The van der Waals surface area contributed by atoms with E-state index in [1.54, 1.807) is 19.1 Å². The number of carbonyl (C=O) groups is 2. The van der Waals surface area contributed by atoms with Crippen molar-refractivity contribution in [2.24, 2.45) is 5.92 Å². The third-order valence-electron chi connectivity index (χ3n) is 2.25. The van der Waals surface area contributed by atoms with Gasteiger partial charge in [0.1, 0.15) is 0 Å². The quantitative estimate of drug-likeness (QED) is 0.902. The average Bonchev–Trinajstić information content (AvgIpc) is 2.20. The molecule has 18 heavy (non-hydrogen) atoms. The molecule has 4 nitrogen and oxygen atoms in total. The summed E-state index contributed by atoms with van der Waals surface area (Å²) in [6.45, 7) is 1.67. The van der Waals surface area contributed by atoms with Gasteiger partial charge in [-0.05, 0) is 30.5 Å². The Bertz CT molecular complexity index is 463. The van der Waals surface area contributed by atoms with E-state index in [4.69, 9.17) is 23.2 Å². The van der Waals surface area contributed by atoms with E-state index in [-0.39, 0.29) is 24.7 Å². The van der Waals surface area contributed by atoms with E-state index in [0.717, 1.165) is 0 Å². The van der Waals surface area contributed by atoms with Crippen LogP contribution < -0.4 is 10.4 Å². The average molecular weight is 289 g/mol. The number of benzene rings is 1. The summed E-state index contributed by atoms with van der Waals surface area (Å²) in [5.41, 5.74) is 0.451. The van der Waals surface area contributed by atoms with E-state index in [1.807, 2.05) is 0 Å². The molecule has 0 radical (unpaired) electrons. The molecule has 0 aliphatic carbocycles. The first-order valence-electron chi connectivity index (χ1n) is 5.33. The molecule has 0 fully saturated rings. The van der Waals surface area contributed by atoms with Crippen molar-refractivity contribution in [3.63, 3.8) is 0 Å². The van der Waals surface area contributed by atoms with Crippen LogP contribution in [0.1, 0.15) is 19.8 Å². The molecule has 0 heterocycles. The van der Waals surface area contributed by atoms with Gasteiger partial charge < -0.3 is 15.2 Å². The predicted octanol–water partition coefficient (Wildman–Crippen LogP) is 2.10. The molecule has 1 aromatic carbocycles. The molecule has 1 rings (SSSR count). The Kier molecular flexibility index (Phi) is 5.44. The van der Waals surface area contributed by atoms with Crippen LogP contribution in [0.4, 0.5) is 5.69 Å². The van der Waals surface area contributed by atoms with Crippen LogP contribution in [-0.2, 0) is 9.59 Å². The van der Waals surface area contributed by atoms with Gasteiger partial charge in [0.25, 0.3) is 0 Å². The van der Waals surface area contributed by atoms with Crippen LogP contribution in [0.25, 0.3) is 0 Å². The van der Waals surface area contributed by atoms with E-state index >= 15 is 0 Å². The van der Waals surface area contributed by atoms with E-state index in [9.17, 15) is 14.7 Å². The van der Waals surface area contributed by atoms with Gasteiger partial charge in [0, 0.05) is 17.4 Å². The molecule has 6 heteroatoms. The second-order valence-corrected chi connectivity index (χ2v) is 4.90. The van der Waals surface area contributed by atoms with Gasteiger partial charge in [-0.15, -0.1) is 0 Å². The molecule has 0 saturated carbocycles. The molecule has 1 N–H and O–H groups in total. The summed E-state index contributed by atoms with van der Waals surface area (Å²) >= 11 is 11.6. The number of carbonyl (C=O) groups excluding carboxylic acids is 2. The lowest BCUT2D eigenvalue weighted by atomic mass is 10.0. The van der Waals surface area contributed by atoms with Gasteiger partial charge in [-0.1, -0.05) is 30.1 Å². The maximum atomic E-state index is 11.6. The predicted molar refractivity (Wildman–Crippen MR) is 68.5 cm³/mol. The van der Waals surface area contributed by atoms with Gasteiger partial charge in [-0.3, -0.25) is 4.79 Å². The fourth-order valence-electron chi connectivity index (χ4n) is 1.47. The normalized spacial score (nSPS) is 11.9. The Morgan fingerprint density at radius 3 is 2.56 bits per heavy atom. The molecular weight excluding hydrogens is 277 g/mol. The second kappa shape index (κ2) is 6.61. The third kappa shape index (κ3) is 4.94. The zero-order chi connectivity index (χ0) is 13.7. The number of nitrogens with one attached hydrogen (secondary N) is 1. The summed E-state index contributed by atoms with van der Waals surface area (Å²) in [4.78, 5) is 22.0. The number of hydrogen-bond acceptors (Lipinski definition) is 3. The number of aliphatic carboxylic acids is 1. The van der Waals surface area contributed by atoms with Crippen LogP contribution in [0.15, 0.2) is 18.2 Å². The van der Waals surface area contributed by atoms with Crippen molar-refractivity contribution in [3.8, 4) is 0 Å². The number of amides is 1. The molecule has 98 valence electrons. The SMILES string of the molecule is C[C@H](CC(=O)[O-])CC(=O)Nc1ccc(Cl)cc1Cl. The van der Waals surface area contributed by atoms with Crippen molar-refractivity contribution >= 4 is 40.8 Å². The van der Waals surface area contributed by atoms with Crippen LogP contribution in [0.2, 0.25) is 10.0 Å². The van der Waals surface area contributed by atoms with E-state index in [2.05, 4.69) is 5.32 Å². The van der Waals surface area contributed by atoms with Crippen LogP contribution >= 0.6 is 23.2 Å². The molecule has 0 spiro atoms. The maximum Gasteiger partial charge on any atom is 0.224 e. The number of halogens is 2. The standard InChI is InChI=1S/C12H13Cl2NO3/c1-7(5-12(17)18)4-11(16)15-10-3-2-8(13)6-9(10)14/h2-3,6-7H,4-5H2,1H3,(H,15,16)(H,17,18)/p-1/t7-/m0/s1. The third-order valence-corrected chi connectivity index (χ3v) is 2.80. The molecule has 1 amide bonds. The Balaban J connectivity index is 2.56. The molecule has 1 aromatic rings. The highest BCUT2D eigenvalue weighted by Crippen LogP contribution is 2.25. The van der Waals surface area contributed by atoms with Crippen molar-refractivity contribution in [3.05, 3.63) is 28.2 Å². The monoisotopic (exact) mass is 288 g/mol. The summed E-state index contributed by atoms with van der Waals surface area (Å²) in [6, 6.07) is 4.71. The first-order valence-corrected chi connectivity index (χ1v) is 6.09. The Morgan fingerprint density at radius 2 is 2.00 bits per heavy atom. The fraction of sp³-hybridized carbons (Fsp3) is 0.333. The number of carboxylic acids is 1. The van der Waals surface area contributed by atoms with Gasteiger partial charge in [0.2, 0.25) is 5.91 Å². The minimum Gasteiger partial charge on any atom is -0.550 e. The minimum atomic E-state index is -1.17. The van der Waals surface area contributed by atoms with Gasteiger partial charge in [0.15, 0.2) is 0 Å². The van der Waals surface area contributed by atoms with E-state index < -0.39 is 5.97 Å². The van der Waals surface area contributed by atoms with E-state index in [1.165, 1.54) is 6.07 Å². The zero-order valence-corrected chi connectivity index (χ0v) is 11.2. The largest absolute Gasteiger partial charge is 0.550 e. The lowest BCUT2D eigenvalue weighted by Crippen LogP contribution is -2.26. The van der Waals surface area contributed by atoms with Crippen LogP contribution in [-0.4, -0.2) is 11.9 Å². The first-order chi connectivity index (χ1) is 8.38. The highest BCUT2D eigenvalue weighted by atomic mass is 35.5. The highest BCUT2D eigenvalue weighted by Gasteiger charge is 2.11. The number of hydrogen-bond donors (Lipinski definition) is 1. The van der Waals surface area contributed by atoms with Gasteiger partial charge in [-0.25, -0.2) is 0 Å². The highest BCUT2D eigenvalue weighted by molar-refractivity contribution is 6.36. The Labute approximate surface area is 115 Å². The van der Waals surface area contributed by atoms with Crippen molar-refractivity contribution in [1.29, 1.82) is 0 Å². The van der Waals surface area contributed by atoms with Crippen molar-refractivity contribution < 1.29 is 14.7 Å². The summed E-state index contributed by atoms with van der Waals surface area (Å²) in [7, 11) is 0. The second-order valence-electron chi connectivity index (χ2n) is 4.06. The van der Waals surface area contributed by atoms with Crippen LogP contribution in [0, 0.1) is 5.92 Å². The summed E-state index contributed by atoms with van der Waals surface area (Å²) < 4.78 is 0. The van der Waals surface area contributed by atoms with Crippen molar-refractivity contribution in [2.45, 2.75) is 19.8 Å². The molecule has 0 saturated heterocycles. The molecule has 0 aliphatic rings. The van der Waals surface area contributed by atoms with Gasteiger partial charge in [-0.2, -0.15) is 0 Å². The van der Waals surface area contributed by atoms with E-state index in [0.29, 0.717) is 15.7 Å². The van der Waals surface area contributed by atoms with Gasteiger partial charge >= 0.3 is 0 Å². The lowest BCUT2D eigenvalue weighted by Gasteiger charge is -2.12. The Hall–Kier alpha value is -1.26. The van der Waals surface area contributed by atoms with Crippen LogP contribution in [0.3, 0.4) is 0 Å². The first kappa shape index (κ1) is 14.8. The van der Waals surface area contributed by atoms with Crippen molar-refractivity contribution in [2.75, 3.05) is 5.32 Å². The maximum absolute atomic E-state index is 11.6.